The van der Waals surface area contributed by atoms with Crippen LogP contribution in [0.15, 0.2) is 48.5 Å². The van der Waals surface area contributed by atoms with Crippen LogP contribution in [0.4, 0.5) is 4.79 Å². The molecular weight excluding hydrogens is 248 g/mol. The lowest BCUT2D eigenvalue weighted by Gasteiger charge is -2.10. The van der Waals surface area contributed by atoms with Gasteiger partial charge in [-0.15, -0.1) is 0 Å². The highest BCUT2D eigenvalue weighted by Gasteiger charge is 2.03. The molecule has 0 spiro atoms. The molecule has 0 aromatic heterocycles. The molecule has 2 aromatic carbocycles. The average Bonchev–Trinajstić information content (AvgIpc) is 2.45. The Kier molecular flexibility index (Phi) is 4.77. The van der Waals surface area contributed by atoms with Crippen LogP contribution in [0.5, 0.6) is 0 Å². The molecule has 104 valence electrons. The summed E-state index contributed by atoms with van der Waals surface area (Å²) >= 11 is 0. The van der Waals surface area contributed by atoms with E-state index in [2.05, 4.69) is 10.6 Å². The van der Waals surface area contributed by atoms with Gasteiger partial charge in [0.15, 0.2) is 0 Å². The SMILES string of the molecule is Cc1ccccc1CNC(=O)NCc1ccccc1C. The molecular formula is C17H20N2O. The first-order valence-electron chi connectivity index (χ1n) is 6.77. The highest BCUT2D eigenvalue weighted by molar-refractivity contribution is 5.73. The second kappa shape index (κ2) is 6.75. The normalized spacial score (nSPS) is 10.1. The van der Waals surface area contributed by atoms with Crippen LogP contribution in [0.3, 0.4) is 0 Å². The van der Waals surface area contributed by atoms with Crippen molar-refractivity contribution in [2.75, 3.05) is 0 Å². The molecule has 3 heteroatoms. The minimum Gasteiger partial charge on any atom is -0.334 e. The number of hydrogen-bond donors (Lipinski definition) is 2. The predicted molar refractivity (Wildman–Crippen MR) is 81.4 cm³/mol. The van der Waals surface area contributed by atoms with Crippen LogP contribution in [0.25, 0.3) is 0 Å². The zero-order chi connectivity index (χ0) is 14.4. The smallest absolute Gasteiger partial charge is 0.315 e. The zero-order valence-electron chi connectivity index (χ0n) is 11.9. The summed E-state index contributed by atoms with van der Waals surface area (Å²) < 4.78 is 0. The summed E-state index contributed by atoms with van der Waals surface area (Å²) in [4.78, 5) is 11.8. The Labute approximate surface area is 120 Å². The first-order chi connectivity index (χ1) is 9.66. The molecule has 0 saturated heterocycles. The van der Waals surface area contributed by atoms with E-state index in [1.807, 2.05) is 62.4 Å². The molecule has 0 aliphatic carbocycles. The van der Waals surface area contributed by atoms with E-state index in [4.69, 9.17) is 0 Å². The number of rotatable bonds is 4. The van der Waals surface area contributed by atoms with Crippen LogP contribution >= 0.6 is 0 Å². The Morgan fingerprint density at radius 2 is 1.20 bits per heavy atom. The van der Waals surface area contributed by atoms with Gasteiger partial charge in [-0.25, -0.2) is 4.79 Å². The van der Waals surface area contributed by atoms with Gasteiger partial charge in [0, 0.05) is 13.1 Å². The largest absolute Gasteiger partial charge is 0.334 e. The number of carbonyl (C=O) groups excluding carboxylic acids is 1. The summed E-state index contributed by atoms with van der Waals surface area (Å²) in [5.41, 5.74) is 4.65. The highest BCUT2D eigenvalue weighted by Crippen LogP contribution is 2.07. The average molecular weight is 268 g/mol. The molecule has 0 saturated carbocycles. The van der Waals surface area contributed by atoms with E-state index in [9.17, 15) is 4.79 Å². The minimum absolute atomic E-state index is 0.142. The maximum atomic E-state index is 11.8. The molecule has 0 heterocycles. The second-order valence-electron chi connectivity index (χ2n) is 4.89. The molecule has 2 aromatic rings. The number of aryl methyl sites for hydroxylation is 2. The Morgan fingerprint density at radius 1 is 0.800 bits per heavy atom. The van der Waals surface area contributed by atoms with Gasteiger partial charge in [-0.1, -0.05) is 48.5 Å². The molecule has 0 bridgehead atoms. The monoisotopic (exact) mass is 268 g/mol. The van der Waals surface area contributed by atoms with Crippen LogP contribution in [-0.4, -0.2) is 6.03 Å². The van der Waals surface area contributed by atoms with Gasteiger partial charge in [-0.3, -0.25) is 0 Å². The van der Waals surface area contributed by atoms with Gasteiger partial charge >= 0.3 is 6.03 Å². The summed E-state index contributed by atoms with van der Waals surface area (Å²) in [6.07, 6.45) is 0. The first kappa shape index (κ1) is 14.1. The van der Waals surface area contributed by atoms with E-state index < -0.39 is 0 Å². The highest BCUT2D eigenvalue weighted by atomic mass is 16.2. The molecule has 0 unspecified atom stereocenters. The first-order valence-corrected chi connectivity index (χ1v) is 6.77. The summed E-state index contributed by atoms with van der Waals surface area (Å²) in [6, 6.07) is 16.0. The maximum absolute atomic E-state index is 11.8. The summed E-state index contributed by atoms with van der Waals surface area (Å²) in [6.45, 7) is 5.18. The van der Waals surface area contributed by atoms with Crippen molar-refractivity contribution in [2.24, 2.45) is 0 Å². The van der Waals surface area contributed by atoms with Gasteiger partial charge in [0.05, 0.1) is 0 Å². The molecule has 3 nitrogen and oxygen atoms in total. The molecule has 0 atom stereocenters. The summed E-state index contributed by atoms with van der Waals surface area (Å²) in [7, 11) is 0. The molecule has 0 aliphatic rings. The van der Waals surface area contributed by atoms with Crippen molar-refractivity contribution in [3.05, 3.63) is 70.8 Å². The third kappa shape index (κ3) is 3.85. The van der Waals surface area contributed by atoms with Gasteiger partial charge in [0.25, 0.3) is 0 Å². The van der Waals surface area contributed by atoms with Crippen molar-refractivity contribution in [3.8, 4) is 0 Å². The van der Waals surface area contributed by atoms with Gasteiger partial charge in [0.2, 0.25) is 0 Å². The van der Waals surface area contributed by atoms with E-state index in [-0.39, 0.29) is 6.03 Å². The van der Waals surface area contributed by atoms with Gasteiger partial charge in [0.1, 0.15) is 0 Å². The summed E-state index contributed by atoms with van der Waals surface area (Å²) in [5, 5.41) is 5.76. The van der Waals surface area contributed by atoms with E-state index in [0.29, 0.717) is 13.1 Å². The molecule has 0 aliphatic heterocycles. The van der Waals surface area contributed by atoms with Gasteiger partial charge < -0.3 is 10.6 Å². The lowest BCUT2D eigenvalue weighted by Crippen LogP contribution is -2.34. The molecule has 2 rings (SSSR count). The lowest BCUT2D eigenvalue weighted by molar-refractivity contribution is 0.240. The van der Waals surface area contributed by atoms with E-state index in [1.165, 1.54) is 11.1 Å². The zero-order valence-corrected chi connectivity index (χ0v) is 11.9. The van der Waals surface area contributed by atoms with E-state index in [0.717, 1.165) is 11.1 Å². The summed E-state index contributed by atoms with van der Waals surface area (Å²) in [5.74, 6) is 0. The molecule has 20 heavy (non-hydrogen) atoms. The van der Waals surface area contributed by atoms with Crippen molar-refractivity contribution in [3.63, 3.8) is 0 Å². The van der Waals surface area contributed by atoms with E-state index >= 15 is 0 Å². The Bertz CT molecular complexity index is 542. The van der Waals surface area contributed by atoms with Crippen LogP contribution in [0.1, 0.15) is 22.3 Å². The Hall–Kier alpha value is -2.29. The molecule has 0 radical (unpaired) electrons. The third-order valence-corrected chi connectivity index (χ3v) is 3.40. The quantitative estimate of drug-likeness (QED) is 0.877. The van der Waals surface area contributed by atoms with Gasteiger partial charge in [-0.05, 0) is 36.1 Å². The standard InChI is InChI=1S/C17H20N2O/c1-13-7-3-5-9-15(13)11-18-17(20)19-12-16-10-6-4-8-14(16)2/h3-10H,11-12H2,1-2H3,(H2,18,19,20). The van der Waals surface area contributed by atoms with Crippen molar-refractivity contribution >= 4 is 6.03 Å². The fourth-order valence-electron chi connectivity index (χ4n) is 2.03. The lowest BCUT2D eigenvalue weighted by atomic mass is 10.1. The van der Waals surface area contributed by atoms with Crippen LogP contribution in [0.2, 0.25) is 0 Å². The van der Waals surface area contributed by atoms with Gasteiger partial charge in [-0.2, -0.15) is 0 Å². The topological polar surface area (TPSA) is 41.1 Å². The Balaban J connectivity index is 1.82. The number of nitrogens with one attached hydrogen (secondary N) is 2. The molecule has 2 amide bonds. The van der Waals surface area contributed by atoms with Crippen LogP contribution in [0, 0.1) is 13.8 Å². The predicted octanol–water partition coefficient (Wildman–Crippen LogP) is 3.30. The van der Waals surface area contributed by atoms with Crippen LogP contribution < -0.4 is 10.6 Å². The fourth-order valence-corrected chi connectivity index (χ4v) is 2.03. The number of urea groups is 1. The van der Waals surface area contributed by atoms with Crippen LogP contribution in [-0.2, 0) is 13.1 Å². The minimum atomic E-state index is -0.142. The second-order valence-corrected chi connectivity index (χ2v) is 4.89. The molecule has 0 fully saturated rings. The van der Waals surface area contributed by atoms with E-state index in [1.54, 1.807) is 0 Å². The van der Waals surface area contributed by atoms with Crippen molar-refractivity contribution in [2.45, 2.75) is 26.9 Å². The van der Waals surface area contributed by atoms with Crippen molar-refractivity contribution in [1.82, 2.24) is 10.6 Å². The van der Waals surface area contributed by atoms with Crippen molar-refractivity contribution < 1.29 is 4.79 Å². The number of carbonyl (C=O) groups is 1. The molecule has 2 N–H and O–H groups in total. The van der Waals surface area contributed by atoms with Crippen molar-refractivity contribution in [1.29, 1.82) is 0 Å². The fraction of sp³-hybridized carbons (Fsp3) is 0.235. The maximum Gasteiger partial charge on any atom is 0.315 e. The number of benzene rings is 2. The number of amides is 2. The Morgan fingerprint density at radius 3 is 1.60 bits per heavy atom. The third-order valence-electron chi connectivity index (χ3n) is 3.40. The number of hydrogen-bond acceptors (Lipinski definition) is 1.